The second-order valence-electron chi connectivity index (χ2n) is 4.81. The van der Waals surface area contributed by atoms with E-state index in [0.717, 1.165) is 12.1 Å². The molecule has 3 amide bonds. The van der Waals surface area contributed by atoms with Gasteiger partial charge in [0.05, 0.1) is 36.1 Å². The summed E-state index contributed by atoms with van der Waals surface area (Å²) in [6.45, 7) is -1.85. The maximum atomic E-state index is 12.9. The zero-order valence-corrected chi connectivity index (χ0v) is 11.4. The summed E-state index contributed by atoms with van der Waals surface area (Å²) in [5.74, 6) is -1.09. The Morgan fingerprint density at radius 2 is 1.87 bits per heavy atom. The predicted octanol–water partition coefficient (Wildman–Crippen LogP) is 0.357. The minimum absolute atomic E-state index is 0.378. The number of amides is 3. The van der Waals surface area contributed by atoms with Crippen LogP contribution in [0.25, 0.3) is 0 Å². The molecule has 0 unspecified atom stereocenters. The van der Waals surface area contributed by atoms with Crippen LogP contribution in [0.4, 0.5) is 23.7 Å². The number of carbonyl (C=O) groups is 2. The van der Waals surface area contributed by atoms with Gasteiger partial charge in [0.15, 0.2) is 5.54 Å². The molecule has 2 rings (SSSR count). The molecular weight excluding hydrogens is 319 g/mol. The predicted molar refractivity (Wildman–Crippen MR) is 69.1 cm³/mol. The topological polar surface area (TPSA) is 114 Å². The number of hydrogen-bond donors (Lipinski definition) is 3. The Labute approximate surface area is 127 Å². The maximum absolute atomic E-state index is 12.9. The molecule has 0 spiro atoms. The fraction of sp³-hybridized carbons (Fsp3) is 0.308. The van der Waals surface area contributed by atoms with E-state index < -0.39 is 53.7 Å². The van der Waals surface area contributed by atoms with Crippen LogP contribution in [0.3, 0.4) is 0 Å². The zero-order valence-electron chi connectivity index (χ0n) is 11.4. The number of aliphatic hydroxyl groups is 2. The second kappa shape index (κ2) is 5.53. The van der Waals surface area contributed by atoms with Crippen LogP contribution >= 0.6 is 0 Å². The first kappa shape index (κ1) is 16.7. The fourth-order valence-corrected chi connectivity index (χ4v) is 2.12. The molecule has 1 fully saturated rings. The van der Waals surface area contributed by atoms with E-state index in [1.165, 1.54) is 6.07 Å². The van der Waals surface area contributed by atoms with E-state index >= 15 is 0 Å². The van der Waals surface area contributed by atoms with Gasteiger partial charge in [-0.15, -0.1) is 0 Å². The molecule has 0 saturated carbocycles. The van der Waals surface area contributed by atoms with Gasteiger partial charge >= 0.3 is 12.2 Å². The highest BCUT2D eigenvalue weighted by Gasteiger charge is 2.51. The molecule has 23 heavy (non-hydrogen) atoms. The molecule has 1 aromatic carbocycles. The lowest BCUT2D eigenvalue weighted by Gasteiger charge is -2.21. The van der Waals surface area contributed by atoms with E-state index in [2.05, 4.69) is 0 Å². The number of hydrogen-bond acceptors (Lipinski definition) is 5. The lowest BCUT2D eigenvalue weighted by molar-refractivity contribution is -0.137. The van der Waals surface area contributed by atoms with Crippen molar-refractivity contribution < 1.29 is 33.0 Å². The summed E-state index contributed by atoms with van der Waals surface area (Å²) in [5.41, 5.74) is -4.39. The quantitative estimate of drug-likeness (QED) is 0.693. The molecule has 0 atom stereocenters. The second-order valence-corrected chi connectivity index (χ2v) is 4.81. The first-order valence-corrected chi connectivity index (χ1v) is 6.20. The number of nitrogens with zero attached hydrogens (tertiary/aromatic N) is 2. The number of aliphatic hydroxyl groups excluding tert-OH is 2. The fourth-order valence-electron chi connectivity index (χ4n) is 2.12. The van der Waals surface area contributed by atoms with Gasteiger partial charge in [-0.25, -0.2) is 9.69 Å². The monoisotopic (exact) mass is 329 g/mol. The highest BCUT2D eigenvalue weighted by atomic mass is 19.4. The molecule has 1 aliphatic rings. The largest absolute Gasteiger partial charge is 0.417 e. The van der Waals surface area contributed by atoms with Gasteiger partial charge in [0, 0.05) is 0 Å². The molecule has 0 aliphatic carbocycles. The Morgan fingerprint density at radius 1 is 1.26 bits per heavy atom. The molecule has 122 valence electrons. The summed E-state index contributed by atoms with van der Waals surface area (Å²) in [5, 5.41) is 29.1. The number of carbonyl (C=O) groups excluding carboxylic acids is 2. The number of rotatable bonds is 3. The number of imide groups is 1. The van der Waals surface area contributed by atoms with Crippen LogP contribution in [0.1, 0.15) is 11.1 Å². The lowest BCUT2D eigenvalue weighted by Crippen LogP contribution is -2.53. The van der Waals surface area contributed by atoms with Gasteiger partial charge in [-0.05, 0) is 18.2 Å². The van der Waals surface area contributed by atoms with Gasteiger partial charge < -0.3 is 15.5 Å². The van der Waals surface area contributed by atoms with Crippen molar-refractivity contribution in [3.05, 3.63) is 29.3 Å². The van der Waals surface area contributed by atoms with Crippen molar-refractivity contribution in [1.29, 1.82) is 5.26 Å². The third kappa shape index (κ3) is 2.60. The van der Waals surface area contributed by atoms with E-state index in [0.29, 0.717) is 11.0 Å². The average molecular weight is 329 g/mol. The van der Waals surface area contributed by atoms with Crippen LogP contribution < -0.4 is 10.2 Å². The summed E-state index contributed by atoms with van der Waals surface area (Å²) >= 11 is 0. The summed E-state index contributed by atoms with van der Waals surface area (Å²) in [7, 11) is 0. The van der Waals surface area contributed by atoms with Crippen LogP contribution in [-0.4, -0.2) is 40.9 Å². The smallest absolute Gasteiger partial charge is 0.393 e. The van der Waals surface area contributed by atoms with Crippen molar-refractivity contribution in [3.63, 3.8) is 0 Å². The van der Waals surface area contributed by atoms with Gasteiger partial charge in [-0.3, -0.25) is 4.79 Å². The maximum Gasteiger partial charge on any atom is 0.417 e. The molecule has 1 saturated heterocycles. The van der Waals surface area contributed by atoms with E-state index in [9.17, 15) is 33.0 Å². The van der Waals surface area contributed by atoms with Gasteiger partial charge in [-0.2, -0.15) is 18.4 Å². The normalized spacial score (nSPS) is 17.1. The Balaban J connectivity index is 2.54. The van der Waals surface area contributed by atoms with E-state index in [1.54, 1.807) is 0 Å². The van der Waals surface area contributed by atoms with Crippen LogP contribution in [0.15, 0.2) is 18.2 Å². The minimum Gasteiger partial charge on any atom is -0.393 e. The third-order valence-corrected chi connectivity index (χ3v) is 3.39. The zero-order chi connectivity index (χ0) is 17.4. The summed E-state index contributed by atoms with van der Waals surface area (Å²) < 4.78 is 38.8. The number of urea groups is 1. The molecular formula is C13H10F3N3O4. The van der Waals surface area contributed by atoms with Crippen molar-refractivity contribution in [1.82, 2.24) is 5.32 Å². The van der Waals surface area contributed by atoms with Gasteiger partial charge in [0.25, 0.3) is 5.91 Å². The van der Waals surface area contributed by atoms with E-state index in [4.69, 9.17) is 5.26 Å². The molecule has 0 aromatic heterocycles. The summed E-state index contributed by atoms with van der Waals surface area (Å²) in [4.78, 5) is 24.4. The molecule has 0 radical (unpaired) electrons. The Kier molecular flexibility index (Phi) is 4.02. The van der Waals surface area contributed by atoms with Crippen LogP contribution in [0, 0.1) is 11.3 Å². The standard InChI is InChI=1S/C13H10F3N3O4/c14-13(15,16)9-3-8(2-1-7(9)4-17)19-10(22)12(5-20,6-21)18-11(19)23/h1-3,20-21H,5-6H2,(H,18,23). The van der Waals surface area contributed by atoms with Crippen molar-refractivity contribution >= 4 is 17.6 Å². The SMILES string of the molecule is N#Cc1ccc(N2C(=O)NC(CO)(CO)C2=O)cc1C(F)(F)F. The Bertz CT molecular complexity index is 707. The van der Waals surface area contributed by atoms with E-state index in [1.807, 2.05) is 5.32 Å². The van der Waals surface area contributed by atoms with E-state index in [-0.39, 0.29) is 0 Å². The number of benzene rings is 1. The minimum atomic E-state index is -4.86. The number of alkyl halides is 3. The Hall–Kier alpha value is -2.64. The molecule has 10 heteroatoms. The van der Waals surface area contributed by atoms with Crippen molar-refractivity contribution in [2.75, 3.05) is 18.1 Å². The Morgan fingerprint density at radius 3 is 2.30 bits per heavy atom. The van der Waals surface area contributed by atoms with Crippen LogP contribution in [-0.2, 0) is 11.0 Å². The number of anilines is 1. The van der Waals surface area contributed by atoms with Gasteiger partial charge in [0.2, 0.25) is 0 Å². The molecule has 7 nitrogen and oxygen atoms in total. The average Bonchev–Trinajstić information content (AvgIpc) is 2.77. The lowest BCUT2D eigenvalue weighted by atomic mass is 10.0. The molecule has 1 aliphatic heterocycles. The first-order chi connectivity index (χ1) is 10.7. The summed E-state index contributed by atoms with van der Waals surface area (Å²) in [6.07, 6.45) is -4.86. The number of halogens is 3. The summed E-state index contributed by atoms with van der Waals surface area (Å²) in [6, 6.07) is 2.60. The van der Waals surface area contributed by atoms with Crippen LogP contribution in [0.2, 0.25) is 0 Å². The number of nitriles is 1. The molecule has 0 bridgehead atoms. The van der Waals surface area contributed by atoms with Crippen molar-refractivity contribution in [2.24, 2.45) is 0 Å². The molecule has 3 N–H and O–H groups in total. The third-order valence-electron chi connectivity index (χ3n) is 3.39. The van der Waals surface area contributed by atoms with Gasteiger partial charge in [0.1, 0.15) is 0 Å². The first-order valence-electron chi connectivity index (χ1n) is 6.20. The van der Waals surface area contributed by atoms with Crippen molar-refractivity contribution in [2.45, 2.75) is 11.7 Å². The highest BCUT2D eigenvalue weighted by Crippen LogP contribution is 2.35. The van der Waals surface area contributed by atoms with Gasteiger partial charge in [-0.1, -0.05) is 0 Å². The van der Waals surface area contributed by atoms with Crippen LogP contribution in [0.5, 0.6) is 0 Å². The molecule has 1 heterocycles. The van der Waals surface area contributed by atoms with Crippen molar-refractivity contribution in [3.8, 4) is 6.07 Å². The highest BCUT2D eigenvalue weighted by molar-refractivity contribution is 6.23. The molecule has 1 aromatic rings. The number of nitrogens with one attached hydrogen (secondary N) is 1.